The van der Waals surface area contributed by atoms with Gasteiger partial charge in [-0.05, 0) is 45.8 Å². The number of hydrogen-bond donors (Lipinski definition) is 2. The molecule has 0 saturated carbocycles. The maximum absolute atomic E-state index is 12.1. The van der Waals surface area contributed by atoms with Crippen molar-refractivity contribution in [3.63, 3.8) is 0 Å². The molecule has 0 atom stereocenters. The van der Waals surface area contributed by atoms with Gasteiger partial charge >= 0.3 is 11.6 Å². The SMILES string of the molecule is COc1cc(/C=N\NC(=O)c2ccc(Cn3cc([N+](=O)[O-])cn3)o2)cc(Br)c1O. The van der Waals surface area contributed by atoms with Gasteiger partial charge in [0.1, 0.15) is 18.2 Å². The minimum atomic E-state index is -0.580. The van der Waals surface area contributed by atoms with Crippen LogP contribution in [0.25, 0.3) is 0 Å². The molecule has 2 aromatic heterocycles. The molecule has 0 unspecified atom stereocenters. The Morgan fingerprint density at radius 1 is 1.52 bits per heavy atom. The number of hydrogen-bond acceptors (Lipinski definition) is 8. The van der Waals surface area contributed by atoms with Crippen molar-refractivity contribution in [1.29, 1.82) is 0 Å². The zero-order valence-corrected chi connectivity index (χ0v) is 16.5. The second-order valence-electron chi connectivity index (χ2n) is 5.67. The van der Waals surface area contributed by atoms with Crippen molar-refractivity contribution in [3.8, 4) is 11.5 Å². The van der Waals surface area contributed by atoms with E-state index in [4.69, 9.17) is 9.15 Å². The number of ether oxygens (including phenoxy) is 1. The number of nitrogens with zero attached hydrogens (tertiary/aromatic N) is 4. The molecule has 29 heavy (non-hydrogen) atoms. The number of nitrogens with one attached hydrogen (secondary N) is 1. The first-order chi connectivity index (χ1) is 13.9. The summed E-state index contributed by atoms with van der Waals surface area (Å²) < 4.78 is 12.2. The molecular weight excluding hydrogens is 450 g/mol. The van der Waals surface area contributed by atoms with E-state index >= 15 is 0 Å². The highest BCUT2D eigenvalue weighted by Crippen LogP contribution is 2.34. The Kier molecular flexibility index (Phi) is 5.93. The minimum absolute atomic E-state index is 0.0169. The predicted octanol–water partition coefficient (Wildman–Crippen LogP) is 2.67. The van der Waals surface area contributed by atoms with Crippen LogP contribution in [0.5, 0.6) is 11.5 Å². The molecule has 2 heterocycles. The number of halogens is 1. The van der Waals surface area contributed by atoms with E-state index in [0.717, 1.165) is 6.20 Å². The van der Waals surface area contributed by atoms with Crippen molar-refractivity contribution in [1.82, 2.24) is 15.2 Å². The van der Waals surface area contributed by atoms with Crippen LogP contribution in [0.3, 0.4) is 0 Å². The van der Waals surface area contributed by atoms with Crippen LogP contribution in [-0.4, -0.2) is 39.0 Å². The quantitative estimate of drug-likeness (QED) is 0.311. The molecule has 2 N–H and O–H groups in total. The second kappa shape index (κ2) is 8.56. The van der Waals surface area contributed by atoms with Crippen LogP contribution in [0, 0.1) is 10.1 Å². The Balaban J connectivity index is 1.62. The van der Waals surface area contributed by atoms with Gasteiger partial charge in [-0.1, -0.05) is 0 Å². The number of methoxy groups -OCH3 is 1. The summed E-state index contributed by atoms with van der Waals surface area (Å²) in [5, 5.41) is 28.2. The molecule has 0 aliphatic carbocycles. The fourth-order valence-electron chi connectivity index (χ4n) is 2.32. The molecule has 12 heteroatoms. The number of aromatic nitrogens is 2. The van der Waals surface area contributed by atoms with Gasteiger partial charge in [0.2, 0.25) is 0 Å². The number of rotatable bonds is 7. The van der Waals surface area contributed by atoms with E-state index in [1.165, 1.54) is 30.3 Å². The Morgan fingerprint density at radius 3 is 3.00 bits per heavy atom. The lowest BCUT2D eigenvalue weighted by molar-refractivity contribution is -0.385. The van der Waals surface area contributed by atoms with Crippen LogP contribution in [0.2, 0.25) is 0 Å². The number of carbonyl (C=O) groups excluding carboxylic acids is 1. The van der Waals surface area contributed by atoms with Gasteiger partial charge in [0.25, 0.3) is 0 Å². The number of carbonyl (C=O) groups is 1. The summed E-state index contributed by atoms with van der Waals surface area (Å²) in [6.07, 6.45) is 3.76. The van der Waals surface area contributed by atoms with Crippen LogP contribution in [0.15, 0.2) is 50.7 Å². The average Bonchev–Trinajstić information content (AvgIpc) is 3.34. The highest BCUT2D eigenvalue weighted by atomic mass is 79.9. The van der Waals surface area contributed by atoms with E-state index in [-0.39, 0.29) is 29.5 Å². The number of phenols is 1. The summed E-state index contributed by atoms with van der Waals surface area (Å²) in [6.45, 7) is 0.131. The van der Waals surface area contributed by atoms with E-state index in [0.29, 0.717) is 15.8 Å². The van der Waals surface area contributed by atoms with Gasteiger partial charge in [-0.25, -0.2) is 5.43 Å². The Labute approximate surface area is 171 Å². The van der Waals surface area contributed by atoms with Gasteiger partial charge in [-0.2, -0.15) is 10.2 Å². The molecule has 3 rings (SSSR count). The summed E-state index contributed by atoms with van der Waals surface area (Å²) in [7, 11) is 1.42. The molecule has 11 nitrogen and oxygen atoms in total. The monoisotopic (exact) mass is 463 g/mol. The third kappa shape index (κ3) is 4.79. The molecule has 150 valence electrons. The number of benzene rings is 1. The highest BCUT2D eigenvalue weighted by Gasteiger charge is 2.13. The first-order valence-electron chi connectivity index (χ1n) is 8.03. The Morgan fingerprint density at radius 2 is 2.31 bits per heavy atom. The van der Waals surface area contributed by atoms with Crippen molar-refractivity contribution < 1.29 is 24.0 Å². The molecule has 0 saturated heterocycles. The van der Waals surface area contributed by atoms with Crippen LogP contribution in [-0.2, 0) is 6.54 Å². The van der Waals surface area contributed by atoms with Gasteiger partial charge in [-0.3, -0.25) is 19.6 Å². The maximum atomic E-state index is 12.1. The van der Waals surface area contributed by atoms with Gasteiger partial charge in [0, 0.05) is 0 Å². The number of furan rings is 1. The predicted molar refractivity (Wildman–Crippen MR) is 104 cm³/mol. The summed E-state index contributed by atoms with van der Waals surface area (Å²) in [5.74, 6) is 0.0392. The van der Waals surface area contributed by atoms with Gasteiger partial charge in [0.05, 0.1) is 29.3 Å². The van der Waals surface area contributed by atoms with Gasteiger partial charge in [-0.15, -0.1) is 0 Å². The minimum Gasteiger partial charge on any atom is -0.503 e. The van der Waals surface area contributed by atoms with Crippen molar-refractivity contribution >= 4 is 33.7 Å². The molecule has 1 aromatic carbocycles. The number of hydrazone groups is 1. The maximum Gasteiger partial charge on any atom is 0.307 e. The van der Waals surface area contributed by atoms with E-state index in [1.807, 2.05) is 0 Å². The largest absolute Gasteiger partial charge is 0.503 e. The zero-order chi connectivity index (χ0) is 21.0. The molecule has 3 aromatic rings. The molecule has 0 fully saturated rings. The summed E-state index contributed by atoms with van der Waals surface area (Å²) >= 11 is 3.20. The van der Waals surface area contributed by atoms with Crippen molar-refractivity contribution in [2.24, 2.45) is 5.10 Å². The molecule has 0 spiro atoms. The zero-order valence-electron chi connectivity index (χ0n) is 14.9. The lowest BCUT2D eigenvalue weighted by atomic mass is 10.2. The van der Waals surface area contributed by atoms with E-state index in [2.05, 4.69) is 31.6 Å². The summed E-state index contributed by atoms with van der Waals surface area (Å²) in [6, 6.07) is 6.16. The van der Waals surface area contributed by atoms with Crippen molar-refractivity contribution in [2.75, 3.05) is 7.11 Å². The Hall–Kier alpha value is -3.67. The number of phenolic OH excluding ortho intramolecular Hbond substituents is 1. The van der Waals surface area contributed by atoms with Crippen LogP contribution in [0.4, 0.5) is 5.69 Å². The second-order valence-corrected chi connectivity index (χ2v) is 6.53. The fourth-order valence-corrected chi connectivity index (χ4v) is 2.78. The first kappa shape index (κ1) is 20.1. The summed E-state index contributed by atoms with van der Waals surface area (Å²) in [5.41, 5.74) is 2.76. The van der Waals surface area contributed by atoms with Gasteiger partial charge in [0.15, 0.2) is 17.3 Å². The van der Waals surface area contributed by atoms with Crippen LogP contribution >= 0.6 is 15.9 Å². The standard InChI is InChI=1S/C17H14BrN5O6/c1-28-15-5-10(4-13(18)16(15)24)6-19-21-17(25)14-3-2-12(29-14)9-22-8-11(7-20-22)23(26)27/h2-8,24H,9H2,1H3,(H,21,25)/b19-6-. The molecule has 1 amide bonds. The topological polar surface area (TPSA) is 145 Å². The summed E-state index contributed by atoms with van der Waals surface area (Å²) in [4.78, 5) is 22.3. The number of nitro groups is 1. The average molecular weight is 464 g/mol. The third-order valence-electron chi connectivity index (χ3n) is 3.68. The number of aromatic hydroxyl groups is 1. The van der Waals surface area contributed by atoms with Crippen LogP contribution < -0.4 is 10.2 Å². The molecule has 0 aliphatic heterocycles. The number of amides is 1. The Bertz CT molecular complexity index is 1090. The lowest BCUT2D eigenvalue weighted by Gasteiger charge is -2.06. The molecule has 0 radical (unpaired) electrons. The van der Waals surface area contributed by atoms with Crippen LogP contribution in [0.1, 0.15) is 21.9 Å². The van der Waals surface area contributed by atoms with E-state index in [1.54, 1.807) is 18.2 Å². The van der Waals surface area contributed by atoms with Crippen molar-refractivity contribution in [2.45, 2.75) is 6.54 Å². The highest BCUT2D eigenvalue weighted by molar-refractivity contribution is 9.10. The van der Waals surface area contributed by atoms with Crippen molar-refractivity contribution in [3.05, 3.63) is 68.3 Å². The first-order valence-corrected chi connectivity index (χ1v) is 8.82. The smallest absolute Gasteiger partial charge is 0.307 e. The van der Waals surface area contributed by atoms with Gasteiger partial charge < -0.3 is 14.3 Å². The third-order valence-corrected chi connectivity index (χ3v) is 4.29. The molecule has 0 bridgehead atoms. The lowest BCUT2D eigenvalue weighted by Crippen LogP contribution is -2.16. The molecular formula is C17H14BrN5O6. The normalized spacial score (nSPS) is 11.0. The molecule has 0 aliphatic rings. The van der Waals surface area contributed by atoms with E-state index in [9.17, 15) is 20.0 Å². The fraction of sp³-hybridized carbons (Fsp3) is 0.118. The van der Waals surface area contributed by atoms with E-state index < -0.39 is 10.8 Å².